The van der Waals surface area contributed by atoms with Gasteiger partial charge in [-0.3, -0.25) is 0 Å². The number of rotatable bonds is 4. The number of carbonyl (C=O) groups is 1. The molecule has 0 atom stereocenters. The van der Waals surface area contributed by atoms with Gasteiger partial charge in [0.05, 0.1) is 0 Å². The van der Waals surface area contributed by atoms with Crippen LogP contribution in [0.3, 0.4) is 0 Å². The fourth-order valence-corrected chi connectivity index (χ4v) is 0.852. The first-order chi connectivity index (χ1) is 5.95. The van der Waals surface area contributed by atoms with Crippen LogP contribution >= 0.6 is 0 Å². The van der Waals surface area contributed by atoms with E-state index >= 15 is 0 Å². The molecular weight excluding hydrogens is 164 g/mol. The molecule has 0 radical (unpaired) electrons. The molecule has 78 valence electrons. The second-order valence-electron chi connectivity index (χ2n) is 4.49. The minimum Gasteiger partial charge on any atom is -0.338 e. The molecular formula is C10H22N2O. The smallest absolute Gasteiger partial charge is 0.314 e. The fourth-order valence-electron chi connectivity index (χ4n) is 0.852. The van der Waals surface area contributed by atoms with Crippen molar-refractivity contribution >= 4 is 6.03 Å². The highest BCUT2D eigenvalue weighted by atomic mass is 16.2. The fraction of sp³-hybridized carbons (Fsp3) is 0.900. The summed E-state index contributed by atoms with van der Waals surface area (Å²) in [4.78, 5) is 11.1. The van der Waals surface area contributed by atoms with Crippen molar-refractivity contribution in [3.8, 4) is 0 Å². The lowest BCUT2D eigenvalue weighted by Crippen LogP contribution is -2.37. The number of carbonyl (C=O) groups excluding carboxylic acids is 1. The van der Waals surface area contributed by atoms with Crippen molar-refractivity contribution in [2.24, 2.45) is 5.41 Å². The maximum Gasteiger partial charge on any atom is 0.314 e. The average Bonchev–Trinajstić information content (AvgIpc) is 1.98. The van der Waals surface area contributed by atoms with Crippen LogP contribution in [0, 0.1) is 5.41 Å². The third kappa shape index (κ3) is 9.18. The Bertz CT molecular complexity index is 149. The number of hydrogen-bond acceptors (Lipinski definition) is 1. The summed E-state index contributed by atoms with van der Waals surface area (Å²) in [6, 6.07) is -0.0499. The van der Waals surface area contributed by atoms with E-state index in [4.69, 9.17) is 0 Å². The van der Waals surface area contributed by atoms with Crippen molar-refractivity contribution in [1.29, 1.82) is 0 Å². The summed E-state index contributed by atoms with van der Waals surface area (Å²) in [5.41, 5.74) is 0.290. The highest BCUT2D eigenvalue weighted by Crippen LogP contribution is 2.16. The molecule has 0 aromatic heterocycles. The Hall–Kier alpha value is -0.730. The van der Waals surface area contributed by atoms with Crippen LogP contribution in [-0.2, 0) is 0 Å². The second-order valence-corrected chi connectivity index (χ2v) is 4.49. The molecule has 0 aliphatic carbocycles. The van der Waals surface area contributed by atoms with E-state index in [9.17, 15) is 4.79 Å². The zero-order chi connectivity index (χ0) is 10.3. The molecule has 0 unspecified atom stereocenters. The highest BCUT2D eigenvalue weighted by molar-refractivity contribution is 5.73. The van der Waals surface area contributed by atoms with Crippen LogP contribution in [0.5, 0.6) is 0 Å². The Kier molecular flexibility index (Phi) is 5.51. The molecule has 0 rings (SSSR count). The van der Waals surface area contributed by atoms with Gasteiger partial charge in [0.25, 0.3) is 0 Å². The molecule has 3 nitrogen and oxygen atoms in total. The minimum absolute atomic E-state index is 0.0499. The highest BCUT2D eigenvalue weighted by Gasteiger charge is 2.09. The van der Waals surface area contributed by atoms with E-state index in [1.807, 2.05) is 6.92 Å². The summed E-state index contributed by atoms with van der Waals surface area (Å²) < 4.78 is 0. The number of nitrogens with one attached hydrogen (secondary N) is 2. The van der Waals surface area contributed by atoms with Crippen molar-refractivity contribution in [2.45, 2.75) is 40.5 Å². The topological polar surface area (TPSA) is 41.1 Å². The van der Waals surface area contributed by atoms with Gasteiger partial charge in [-0.15, -0.1) is 0 Å². The Morgan fingerprint density at radius 3 is 2.15 bits per heavy atom. The van der Waals surface area contributed by atoms with Gasteiger partial charge in [-0.05, 0) is 18.3 Å². The largest absolute Gasteiger partial charge is 0.338 e. The van der Waals surface area contributed by atoms with Gasteiger partial charge >= 0.3 is 6.03 Å². The first-order valence-electron chi connectivity index (χ1n) is 4.97. The Morgan fingerprint density at radius 1 is 1.15 bits per heavy atom. The molecule has 0 saturated heterocycles. The Balaban J connectivity index is 3.37. The SMILES string of the molecule is CCCNC(=O)NCCC(C)(C)C. The van der Waals surface area contributed by atoms with Gasteiger partial charge in [0.15, 0.2) is 0 Å². The maximum absolute atomic E-state index is 11.1. The molecule has 0 spiro atoms. The van der Waals surface area contributed by atoms with Gasteiger partial charge < -0.3 is 10.6 Å². The van der Waals surface area contributed by atoms with Crippen LogP contribution in [0.1, 0.15) is 40.5 Å². The Labute approximate surface area is 81.3 Å². The molecule has 0 aliphatic heterocycles. The van der Waals surface area contributed by atoms with Crippen LogP contribution in [0.15, 0.2) is 0 Å². The molecule has 0 heterocycles. The number of amides is 2. The van der Waals surface area contributed by atoms with E-state index in [-0.39, 0.29) is 11.4 Å². The van der Waals surface area contributed by atoms with Gasteiger partial charge in [-0.2, -0.15) is 0 Å². The second kappa shape index (κ2) is 5.84. The minimum atomic E-state index is -0.0499. The van der Waals surface area contributed by atoms with Gasteiger partial charge in [-0.25, -0.2) is 4.79 Å². The molecule has 2 amide bonds. The molecule has 0 aromatic carbocycles. The van der Waals surface area contributed by atoms with E-state index < -0.39 is 0 Å². The zero-order valence-corrected chi connectivity index (χ0v) is 9.24. The Morgan fingerprint density at radius 2 is 1.69 bits per heavy atom. The summed E-state index contributed by atoms with van der Waals surface area (Å²) in [6.45, 7) is 10.0. The molecule has 3 heteroatoms. The molecule has 0 aromatic rings. The number of hydrogen-bond donors (Lipinski definition) is 2. The summed E-state index contributed by atoms with van der Waals surface area (Å²) >= 11 is 0. The van der Waals surface area contributed by atoms with Crippen molar-refractivity contribution in [3.63, 3.8) is 0 Å². The quantitative estimate of drug-likeness (QED) is 0.694. The standard InChI is InChI=1S/C10H22N2O/c1-5-7-11-9(13)12-8-6-10(2,3)4/h5-8H2,1-4H3,(H2,11,12,13). The van der Waals surface area contributed by atoms with Gasteiger partial charge in [0.2, 0.25) is 0 Å². The lowest BCUT2D eigenvalue weighted by molar-refractivity contribution is 0.239. The predicted octanol–water partition coefficient (Wildman–Crippen LogP) is 2.13. The molecule has 0 fully saturated rings. The maximum atomic E-state index is 11.1. The van der Waals surface area contributed by atoms with E-state index in [2.05, 4.69) is 31.4 Å². The first-order valence-corrected chi connectivity index (χ1v) is 4.97. The third-order valence-corrected chi connectivity index (χ3v) is 1.70. The predicted molar refractivity (Wildman–Crippen MR) is 55.8 cm³/mol. The van der Waals surface area contributed by atoms with Gasteiger partial charge in [0, 0.05) is 13.1 Å². The van der Waals surface area contributed by atoms with Gasteiger partial charge in [-0.1, -0.05) is 27.7 Å². The molecule has 2 N–H and O–H groups in total. The van der Waals surface area contributed by atoms with E-state index in [0.717, 1.165) is 25.9 Å². The van der Waals surface area contributed by atoms with Gasteiger partial charge in [0.1, 0.15) is 0 Å². The lowest BCUT2D eigenvalue weighted by Gasteiger charge is -2.18. The monoisotopic (exact) mass is 186 g/mol. The van der Waals surface area contributed by atoms with Crippen molar-refractivity contribution in [3.05, 3.63) is 0 Å². The summed E-state index contributed by atoms with van der Waals surface area (Å²) in [6.07, 6.45) is 1.99. The molecule has 0 saturated carbocycles. The summed E-state index contributed by atoms with van der Waals surface area (Å²) in [5, 5.41) is 5.59. The molecule has 13 heavy (non-hydrogen) atoms. The van der Waals surface area contributed by atoms with Crippen LogP contribution in [-0.4, -0.2) is 19.1 Å². The average molecular weight is 186 g/mol. The van der Waals surface area contributed by atoms with Crippen LogP contribution in [0.4, 0.5) is 4.79 Å². The van der Waals surface area contributed by atoms with E-state index in [1.54, 1.807) is 0 Å². The lowest BCUT2D eigenvalue weighted by atomic mass is 9.92. The first kappa shape index (κ1) is 12.3. The zero-order valence-electron chi connectivity index (χ0n) is 9.24. The van der Waals surface area contributed by atoms with Crippen molar-refractivity contribution in [2.75, 3.05) is 13.1 Å². The third-order valence-electron chi connectivity index (χ3n) is 1.70. The van der Waals surface area contributed by atoms with E-state index in [1.165, 1.54) is 0 Å². The number of urea groups is 1. The molecule has 0 aliphatic rings. The molecule has 0 bridgehead atoms. The van der Waals surface area contributed by atoms with E-state index in [0.29, 0.717) is 0 Å². The van der Waals surface area contributed by atoms with Crippen molar-refractivity contribution in [1.82, 2.24) is 10.6 Å². The van der Waals surface area contributed by atoms with Crippen LogP contribution in [0.25, 0.3) is 0 Å². The summed E-state index contributed by atoms with van der Waals surface area (Å²) in [7, 11) is 0. The van der Waals surface area contributed by atoms with Crippen LogP contribution < -0.4 is 10.6 Å². The summed E-state index contributed by atoms with van der Waals surface area (Å²) in [5.74, 6) is 0. The van der Waals surface area contributed by atoms with Crippen LogP contribution in [0.2, 0.25) is 0 Å². The normalized spacial score (nSPS) is 11.1. The van der Waals surface area contributed by atoms with Crippen molar-refractivity contribution < 1.29 is 4.79 Å².